The van der Waals surface area contributed by atoms with Crippen LogP contribution in [0.3, 0.4) is 0 Å². The van der Waals surface area contributed by atoms with Crippen molar-refractivity contribution in [3.8, 4) is 0 Å². The van der Waals surface area contributed by atoms with Crippen LogP contribution >= 0.6 is 0 Å². The van der Waals surface area contributed by atoms with Gasteiger partial charge in [0.15, 0.2) is 6.29 Å². The highest BCUT2D eigenvalue weighted by Crippen LogP contribution is 2.38. The Kier molecular flexibility index (Phi) is 12.1. The minimum Gasteiger partial charge on any atom is -0.467 e. The molecule has 4 atom stereocenters. The third-order valence-electron chi connectivity index (χ3n) is 9.39. The maximum absolute atomic E-state index is 12.9. The maximum atomic E-state index is 12.9. The molecular weight excluding hydrogens is 666 g/mol. The Labute approximate surface area is 302 Å². The molecule has 0 saturated carbocycles. The zero-order valence-electron chi connectivity index (χ0n) is 28.9. The first-order valence-electron chi connectivity index (χ1n) is 17.3. The molecule has 52 heavy (non-hydrogen) atoms. The fourth-order valence-corrected chi connectivity index (χ4v) is 6.53. The first-order valence-corrected chi connectivity index (χ1v) is 17.3. The normalized spacial score (nSPS) is 19.7. The van der Waals surface area contributed by atoms with E-state index in [-0.39, 0.29) is 30.9 Å². The quantitative estimate of drug-likeness (QED) is 0.0995. The van der Waals surface area contributed by atoms with Gasteiger partial charge in [-0.25, -0.2) is 9.59 Å². The summed E-state index contributed by atoms with van der Waals surface area (Å²) >= 11 is 0. The van der Waals surface area contributed by atoms with Crippen LogP contribution in [0.2, 0.25) is 0 Å². The second-order valence-electron chi connectivity index (χ2n) is 12.9. The van der Waals surface area contributed by atoms with Gasteiger partial charge in [-0.05, 0) is 41.0 Å². The Hall–Kier alpha value is -5.34. The number of nitrogens with zero attached hydrogens (tertiary/aromatic N) is 3. The van der Waals surface area contributed by atoms with Crippen molar-refractivity contribution in [1.82, 2.24) is 10.2 Å². The Morgan fingerprint density at radius 1 is 0.885 bits per heavy atom. The molecule has 6 rings (SSSR count). The molecule has 2 aliphatic rings. The SMILES string of the molecule is COC(=O)[C@H](Cc1ccccc1)NC(=O)Nc1ccc([C@H]2O[C@@H](CN3CCN(c4ccc([N+](=O)[O-])cc4)CC3)C[C@@H](c3ccc(CO)cc3)O2)cc1. The second-order valence-corrected chi connectivity index (χ2v) is 12.9. The van der Waals surface area contributed by atoms with E-state index in [9.17, 15) is 24.8 Å². The number of ether oxygens (including phenoxy) is 3. The second kappa shape index (κ2) is 17.2. The van der Waals surface area contributed by atoms with Crippen molar-refractivity contribution < 1.29 is 33.8 Å². The lowest BCUT2D eigenvalue weighted by atomic mass is 9.99. The number of rotatable bonds is 12. The molecule has 2 heterocycles. The molecule has 13 heteroatoms. The van der Waals surface area contributed by atoms with E-state index in [1.807, 2.05) is 66.7 Å². The van der Waals surface area contributed by atoms with Gasteiger partial charge in [-0.3, -0.25) is 15.0 Å². The summed E-state index contributed by atoms with van der Waals surface area (Å²) in [6.45, 7) is 3.84. The molecule has 13 nitrogen and oxygen atoms in total. The minimum atomic E-state index is -0.860. The van der Waals surface area contributed by atoms with Crippen LogP contribution in [-0.2, 0) is 32.0 Å². The Morgan fingerprint density at radius 2 is 1.56 bits per heavy atom. The Balaban J connectivity index is 1.09. The summed E-state index contributed by atoms with van der Waals surface area (Å²) in [7, 11) is 1.29. The van der Waals surface area contributed by atoms with Crippen molar-refractivity contribution in [2.45, 2.75) is 44.0 Å². The number of nitro benzene ring substituents is 1. The molecule has 2 aliphatic heterocycles. The molecule has 0 bridgehead atoms. The number of aliphatic hydroxyl groups is 1. The van der Waals surface area contributed by atoms with Crippen LogP contribution in [0.25, 0.3) is 0 Å². The van der Waals surface area contributed by atoms with E-state index < -0.39 is 29.3 Å². The number of urea groups is 1. The van der Waals surface area contributed by atoms with E-state index >= 15 is 0 Å². The van der Waals surface area contributed by atoms with Crippen molar-refractivity contribution in [3.05, 3.63) is 135 Å². The fourth-order valence-electron chi connectivity index (χ4n) is 6.53. The predicted molar refractivity (Wildman–Crippen MR) is 195 cm³/mol. The molecule has 2 amide bonds. The van der Waals surface area contributed by atoms with E-state index in [1.54, 1.807) is 24.3 Å². The van der Waals surface area contributed by atoms with E-state index in [4.69, 9.17) is 14.2 Å². The summed E-state index contributed by atoms with van der Waals surface area (Å²) < 4.78 is 18.0. The molecule has 2 saturated heterocycles. The number of nitrogens with one attached hydrogen (secondary N) is 2. The lowest BCUT2D eigenvalue weighted by Crippen LogP contribution is -2.49. The Bertz CT molecular complexity index is 1780. The highest BCUT2D eigenvalue weighted by Gasteiger charge is 2.34. The van der Waals surface area contributed by atoms with Gasteiger partial charge in [0.1, 0.15) is 6.04 Å². The average Bonchev–Trinajstić information content (AvgIpc) is 3.18. The number of carbonyl (C=O) groups is 2. The highest BCUT2D eigenvalue weighted by atomic mass is 16.7. The number of nitro groups is 1. The zero-order valence-corrected chi connectivity index (χ0v) is 28.9. The van der Waals surface area contributed by atoms with Crippen molar-refractivity contribution >= 4 is 29.1 Å². The minimum absolute atomic E-state index is 0.0409. The first kappa shape index (κ1) is 36.5. The van der Waals surface area contributed by atoms with Gasteiger partial charge < -0.3 is 34.9 Å². The molecule has 2 fully saturated rings. The number of hydrogen-bond donors (Lipinski definition) is 3. The van der Waals surface area contributed by atoms with Crippen LogP contribution in [0.1, 0.15) is 41.1 Å². The first-order chi connectivity index (χ1) is 25.3. The lowest BCUT2D eigenvalue weighted by molar-refractivity contribution is -0.384. The largest absolute Gasteiger partial charge is 0.467 e. The Morgan fingerprint density at radius 3 is 2.19 bits per heavy atom. The third kappa shape index (κ3) is 9.50. The van der Waals surface area contributed by atoms with Crippen molar-refractivity contribution in [2.24, 2.45) is 0 Å². The number of carbonyl (C=O) groups excluding carboxylic acids is 2. The predicted octanol–water partition coefficient (Wildman–Crippen LogP) is 5.36. The van der Waals surface area contributed by atoms with Crippen LogP contribution < -0.4 is 15.5 Å². The van der Waals surface area contributed by atoms with E-state index in [1.165, 1.54) is 19.2 Å². The van der Waals surface area contributed by atoms with Crippen molar-refractivity contribution in [3.63, 3.8) is 0 Å². The number of anilines is 2. The summed E-state index contributed by atoms with van der Waals surface area (Å²) in [5.74, 6) is -0.539. The summed E-state index contributed by atoms with van der Waals surface area (Å²) in [5, 5.41) is 26.1. The molecule has 0 unspecified atom stereocenters. The van der Waals surface area contributed by atoms with Crippen LogP contribution in [0, 0.1) is 10.1 Å². The van der Waals surface area contributed by atoms with Gasteiger partial charge in [-0.15, -0.1) is 0 Å². The summed E-state index contributed by atoms with van der Waals surface area (Å²) in [6, 6.07) is 29.6. The molecule has 0 spiro atoms. The van der Waals surface area contributed by atoms with E-state index in [0.717, 1.165) is 54.1 Å². The van der Waals surface area contributed by atoms with Gasteiger partial charge in [0.25, 0.3) is 5.69 Å². The number of aliphatic hydroxyl groups excluding tert-OH is 1. The van der Waals surface area contributed by atoms with E-state index in [2.05, 4.69) is 20.4 Å². The number of methoxy groups -OCH3 is 1. The number of non-ortho nitro benzene ring substituents is 1. The summed E-state index contributed by atoms with van der Waals surface area (Å²) in [6.07, 6.45) is -0.129. The summed E-state index contributed by atoms with van der Waals surface area (Å²) in [4.78, 5) is 40.6. The molecule has 0 radical (unpaired) electrons. The van der Waals surface area contributed by atoms with Crippen LogP contribution in [0.5, 0.6) is 0 Å². The van der Waals surface area contributed by atoms with Gasteiger partial charge in [-0.1, -0.05) is 66.7 Å². The number of esters is 1. The van der Waals surface area contributed by atoms with Crippen LogP contribution in [-0.4, -0.2) is 78.9 Å². The van der Waals surface area contributed by atoms with Crippen molar-refractivity contribution in [2.75, 3.05) is 50.1 Å². The van der Waals surface area contributed by atoms with Crippen LogP contribution in [0.4, 0.5) is 21.9 Å². The van der Waals surface area contributed by atoms with Gasteiger partial charge in [-0.2, -0.15) is 0 Å². The third-order valence-corrected chi connectivity index (χ3v) is 9.39. The standard InChI is InChI=1S/C39H43N5O8/c1-50-37(46)35(23-27-5-3-2-4-6-27)41-39(47)40-31-13-11-30(12-14-31)38-51-34(24-36(52-38)29-9-7-28(26-45)8-10-29)25-42-19-21-43(22-20-42)32-15-17-33(18-16-32)44(48)49/h2-18,34-36,38,45H,19-26H2,1H3,(H2,40,41,47)/t34-,35+,36+,38+/m1/s1. The molecule has 4 aromatic rings. The number of amides is 2. The molecule has 4 aromatic carbocycles. The molecule has 272 valence electrons. The smallest absolute Gasteiger partial charge is 0.328 e. The van der Waals surface area contributed by atoms with Crippen molar-refractivity contribution in [1.29, 1.82) is 0 Å². The maximum Gasteiger partial charge on any atom is 0.328 e. The monoisotopic (exact) mass is 709 g/mol. The van der Waals surface area contributed by atoms with Gasteiger partial charge >= 0.3 is 12.0 Å². The molecule has 3 N–H and O–H groups in total. The highest BCUT2D eigenvalue weighted by molar-refractivity contribution is 5.92. The summed E-state index contributed by atoms with van der Waals surface area (Å²) in [5.41, 5.74) is 5.05. The van der Waals surface area contributed by atoms with Crippen LogP contribution in [0.15, 0.2) is 103 Å². The topological polar surface area (TPSA) is 156 Å². The molecule has 0 aromatic heterocycles. The molecule has 0 aliphatic carbocycles. The van der Waals surface area contributed by atoms with Gasteiger partial charge in [0.05, 0.1) is 30.8 Å². The zero-order chi connectivity index (χ0) is 36.5. The lowest BCUT2D eigenvalue weighted by Gasteiger charge is -2.41. The molecular formula is C39H43N5O8. The number of piperazine rings is 1. The fraction of sp³-hybridized carbons (Fsp3) is 0.333. The van der Waals surface area contributed by atoms with E-state index in [0.29, 0.717) is 18.7 Å². The average molecular weight is 710 g/mol. The number of hydrogen-bond acceptors (Lipinski definition) is 10. The number of benzene rings is 4. The van der Waals surface area contributed by atoms with Gasteiger partial charge in [0, 0.05) is 74.6 Å². The van der Waals surface area contributed by atoms with Gasteiger partial charge in [0.2, 0.25) is 0 Å².